The monoisotopic (exact) mass is 378 g/mol. The first-order valence-corrected chi connectivity index (χ1v) is 9.81. The first kappa shape index (κ1) is 19.9. The van der Waals surface area contributed by atoms with Crippen molar-refractivity contribution < 1.29 is 13.9 Å². The molecule has 0 radical (unpaired) electrons. The van der Waals surface area contributed by atoms with E-state index in [1.165, 1.54) is 11.6 Å². The van der Waals surface area contributed by atoms with Gasteiger partial charge in [0.2, 0.25) is 0 Å². The third-order valence-electron chi connectivity index (χ3n) is 5.09. The minimum atomic E-state index is -0.347. The third kappa shape index (κ3) is 5.13. The van der Waals surface area contributed by atoms with Gasteiger partial charge in [0.25, 0.3) is 0 Å². The Morgan fingerprint density at radius 2 is 1.57 bits per heavy atom. The molecule has 3 aromatic carbocycles. The van der Waals surface area contributed by atoms with E-state index < -0.39 is 0 Å². The van der Waals surface area contributed by atoms with Gasteiger partial charge in [-0.15, -0.1) is 0 Å². The predicted molar refractivity (Wildman–Crippen MR) is 112 cm³/mol. The van der Waals surface area contributed by atoms with Crippen LogP contribution in [0.4, 0.5) is 4.39 Å². The summed E-state index contributed by atoms with van der Waals surface area (Å²) in [7, 11) is 0. The molecular formula is C25H27FO2. The van der Waals surface area contributed by atoms with Gasteiger partial charge in [0.05, 0.1) is 6.61 Å². The molecule has 3 rings (SSSR count). The second kappa shape index (κ2) is 9.41. The van der Waals surface area contributed by atoms with Crippen LogP contribution >= 0.6 is 0 Å². The molecule has 0 aliphatic rings. The van der Waals surface area contributed by atoms with Crippen LogP contribution in [0.25, 0.3) is 0 Å². The van der Waals surface area contributed by atoms with Crippen molar-refractivity contribution in [2.24, 2.45) is 5.92 Å². The van der Waals surface area contributed by atoms with Gasteiger partial charge in [-0.2, -0.15) is 0 Å². The molecule has 0 spiro atoms. The zero-order chi connectivity index (χ0) is 19.9. The number of para-hydroxylation sites is 1. The van der Waals surface area contributed by atoms with Crippen LogP contribution in [0.2, 0.25) is 0 Å². The first-order chi connectivity index (χ1) is 13.6. The summed E-state index contributed by atoms with van der Waals surface area (Å²) < 4.78 is 25.4. The molecule has 0 aliphatic carbocycles. The van der Waals surface area contributed by atoms with Gasteiger partial charge in [-0.3, -0.25) is 0 Å². The quantitative estimate of drug-likeness (QED) is 0.420. The molecular weight excluding hydrogens is 351 g/mol. The Bertz CT molecular complexity index is 875. The smallest absolute Gasteiger partial charge is 0.165 e. The van der Waals surface area contributed by atoms with Crippen molar-refractivity contribution in [1.29, 1.82) is 0 Å². The topological polar surface area (TPSA) is 18.5 Å². The van der Waals surface area contributed by atoms with E-state index in [4.69, 9.17) is 9.47 Å². The maximum absolute atomic E-state index is 14.2. The SMILES string of the molecule is CCOc1ccc(C(C)C(C)Cc2ccc(F)c(Oc3ccccc3)c2)cc1. The number of ether oxygens (including phenoxy) is 2. The molecule has 2 nitrogen and oxygen atoms in total. The minimum Gasteiger partial charge on any atom is -0.494 e. The number of hydrogen-bond donors (Lipinski definition) is 0. The maximum atomic E-state index is 14.2. The molecule has 2 unspecified atom stereocenters. The van der Waals surface area contributed by atoms with Gasteiger partial charge >= 0.3 is 0 Å². The molecule has 2 atom stereocenters. The van der Waals surface area contributed by atoms with Crippen molar-refractivity contribution in [3.8, 4) is 17.2 Å². The highest BCUT2D eigenvalue weighted by molar-refractivity contribution is 5.36. The van der Waals surface area contributed by atoms with Gasteiger partial charge < -0.3 is 9.47 Å². The Hall–Kier alpha value is -2.81. The molecule has 0 amide bonds. The highest BCUT2D eigenvalue weighted by atomic mass is 19.1. The van der Waals surface area contributed by atoms with Crippen molar-refractivity contribution in [3.05, 3.63) is 89.7 Å². The fraction of sp³-hybridized carbons (Fsp3) is 0.280. The Morgan fingerprint density at radius 3 is 2.25 bits per heavy atom. The molecule has 3 heteroatoms. The zero-order valence-corrected chi connectivity index (χ0v) is 16.7. The van der Waals surface area contributed by atoms with Gasteiger partial charge in [-0.05, 0) is 72.7 Å². The highest BCUT2D eigenvalue weighted by Gasteiger charge is 2.16. The van der Waals surface area contributed by atoms with Crippen LogP contribution in [0.15, 0.2) is 72.8 Å². The Morgan fingerprint density at radius 1 is 0.857 bits per heavy atom. The lowest BCUT2D eigenvalue weighted by molar-refractivity contribution is 0.340. The van der Waals surface area contributed by atoms with E-state index in [-0.39, 0.29) is 11.6 Å². The summed E-state index contributed by atoms with van der Waals surface area (Å²) in [5.41, 5.74) is 2.34. The second-order valence-corrected chi connectivity index (χ2v) is 7.15. The Kier molecular flexibility index (Phi) is 6.70. The predicted octanol–water partition coefficient (Wildman–Crippen LogP) is 7.00. The van der Waals surface area contributed by atoms with E-state index in [0.29, 0.717) is 24.2 Å². The first-order valence-electron chi connectivity index (χ1n) is 9.81. The molecule has 146 valence electrons. The normalized spacial score (nSPS) is 13.0. The Balaban J connectivity index is 1.69. The van der Waals surface area contributed by atoms with Crippen LogP contribution in [-0.2, 0) is 6.42 Å². The molecule has 3 aromatic rings. The van der Waals surface area contributed by atoms with Crippen LogP contribution in [0, 0.1) is 11.7 Å². The summed E-state index contributed by atoms with van der Waals surface area (Å²) in [5.74, 6) is 2.22. The summed E-state index contributed by atoms with van der Waals surface area (Å²) in [4.78, 5) is 0. The second-order valence-electron chi connectivity index (χ2n) is 7.15. The van der Waals surface area contributed by atoms with E-state index in [2.05, 4.69) is 26.0 Å². The Labute approximate surface area is 166 Å². The van der Waals surface area contributed by atoms with Gasteiger partial charge in [0.1, 0.15) is 11.5 Å². The fourth-order valence-corrected chi connectivity index (χ4v) is 3.28. The van der Waals surface area contributed by atoms with Gasteiger partial charge in [0.15, 0.2) is 11.6 Å². The van der Waals surface area contributed by atoms with Crippen molar-refractivity contribution in [2.45, 2.75) is 33.1 Å². The average Bonchev–Trinajstić information content (AvgIpc) is 2.71. The lowest BCUT2D eigenvalue weighted by Gasteiger charge is -2.21. The fourth-order valence-electron chi connectivity index (χ4n) is 3.28. The van der Waals surface area contributed by atoms with Gasteiger partial charge in [-0.25, -0.2) is 4.39 Å². The molecule has 0 heterocycles. The standard InChI is InChI=1S/C25H27FO2/c1-4-27-22-13-11-21(12-14-22)19(3)18(2)16-20-10-15-24(26)25(17-20)28-23-8-6-5-7-9-23/h5-15,17-19H,4,16H2,1-3H3. The number of halogens is 1. The van der Waals surface area contributed by atoms with Crippen LogP contribution in [0.3, 0.4) is 0 Å². The van der Waals surface area contributed by atoms with E-state index in [0.717, 1.165) is 17.7 Å². The molecule has 0 saturated heterocycles. The summed E-state index contributed by atoms with van der Waals surface area (Å²) in [6.45, 7) is 7.10. The van der Waals surface area contributed by atoms with Gasteiger partial charge in [0, 0.05) is 0 Å². The molecule has 28 heavy (non-hydrogen) atoms. The third-order valence-corrected chi connectivity index (χ3v) is 5.09. The lowest BCUT2D eigenvalue weighted by atomic mass is 9.85. The lowest BCUT2D eigenvalue weighted by Crippen LogP contribution is -2.10. The van der Waals surface area contributed by atoms with Crippen LogP contribution in [0.5, 0.6) is 17.2 Å². The highest BCUT2D eigenvalue weighted by Crippen LogP contribution is 2.31. The number of hydrogen-bond acceptors (Lipinski definition) is 2. The van der Waals surface area contributed by atoms with Crippen LogP contribution < -0.4 is 9.47 Å². The molecule has 0 fully saturated rings. The van der Waals surface area contributed by atoms with Crippen LogP contribution in [-0.4, -0.2) is 6.61 Å². The minimum absolute atomic E-state index is 0.268. The summed E-state index contributed by atoms with van der Waals surface area (Å²) in [6.07, 6.45) is 0.847. The van der Waals surface area contributed by atoms with Crippen molar-refractivity contribution in [1.82, 2.24) is 0 Å². The van der Waals surface area contributed by atoms with E-state index in [1.807, 2.05) is 61.5 Å². The average molecular weight is 378 g/mol. The summed E-state index contributed by atoms with van der Waals surface area (Å²) in [6, 6.07) is 22.7. The molecule has 0 aliphatic heterocycles. The molecule has 0 aromatic heterocycles. The van der Waals surface area contributed by atoms with E-state index in [9.17, 15) is 4.39 Å². The summed E-state index contributed by atoms with van der Waals surface area (Å²) in [5, 5.41) is 0. The van der Waals surface area contributed by atoms with E-state index >= 15 is 0 Å². The number of benzene rings is 3. The zero-order valence-electron chi connectivity index (χ0n) is 16.7. The van der Waals surface area contributed by atoms with Crippen molar-refractivity contribution in [2.75, 3.05) is 6.61 Å². The van der Waals surface area contributed by atoms with Crippen LogP contribution in [0.1, 0.15) is 37.8 Å². The van der Waals surface area contributed by atoms with E-state index in [1.54, 1.807) is 0 Å². The number of rotatable bonds is 8. The molecule has 0 saturated carbocycles. The van der Waals surface area contributed by atoms with Crippen molar-refractivity contribution >= 4 is 0 Å². The maximum Gasteiger partial charge on any atom is 0.165 e. The van der Waals surface area contributed by atoms with Crippen molar-refractivity contribution in [3.63, 3.8) is 0 Å². The summed E-state index contributed by atoms with van der Waals surface area (Å²) >= 11 is 0. The van der Waals surface area contributed by atoms with Gasteiger partial charge in [-0.1, -0.05) is 50.2 Å². The largest absolute Gasteiger partial charge is 0.494 e. The molecule has 0 N–H and O–H groups in total. The molecule has 0 bridgehead atoms.